The van der Waals surface area contributed by atoms with Crippen molar-refractivity contribution in [3.05, 3.63) is 23.8 Å². The van der Waals surface area contributed by atoms with E-state index in [0.717, 1.165) is 0 Å². The SMILES string of the molecule is C#CC[C@H](OC(=O)c1cncnc1C)C(C)(C)C. The number of carbonyl (C=O) groups excluding carboxylic acids is 1. The van der Waals surface area contributed by atoms with Crippen LogP contribution in [0.15, 0.2) is 12.5 Å². The van der Waals surface area contributed by atoms with Gasteiger partial charge in [0.25, 0.3) is 0 Å². The summed E-state index contributed by atoms with van der Waals surface area (Å²) in [6.45, 7) is 7.69. The zero-order valence-electron chi connectivity index (χ0n) is 11.2. The number of ether oxygens (including phenoxy) is 1. The van der Waals surface area contributed by atoms with Gasteiger partial charge in [-0.2, -0.15) is 0 Å². The van der Waals surface area contributed by atoms with Gasteiger partial charge in [-0.15, -0.1) is 12.3 Å². The number of hydrogen-bond donors (Lipinski definition) is 0. The van der Waals surface area contributed by atoms with Gasteiger partial charge in [0.15, 0.2) is 0 Å². The third-order valence-electron chi connectivity index (χ3n) is 2.65. The topological polar surface area (TPSA) is 52.1 Å². The highest BCUT2D eigenvalue weighted by Crippen LogP contribution is 2.25. The van der Waals surface area contributed by atoms with Crippen molar-refractivity contribution in [3.8, 4) is 12.3 Å². The van der Waals surface area contributed by atoms with Gasteiger partial charge in [-0.05, 0) is 12.3 Å². The van der Waals surface area contributed by atoms with Crippen LogP contribution in [0.3, 0.4) is 0 Å². The van der Waals surface area contributed by atoms with Crippen LogP contribution in [0.25, 0.3) is 0 Å². The first-order valence-corrected chi connectivity index (χ1v) is 5.77. The normalized spacial score (nSPS) is 12.6. The molecule has 1 rings (SSSR count). The summed E-state index contributed by atoms with van der Waals surface area (Å²) in [4.78, 5) is 19.8. The predicted octanol–water partition coefficient (Wildman–Crippen LogP) is 2.38. The van der Waals surface area contributed by atoms with Crippen LogP contribution in [0.1, 0.15) is 43.2 Å². The van der Waals surface area contributed by atoms with E-state index >= 15 is 0 Å². The third kappa shape index (κ3) is 3.56. The van der Waals surface area contributed by atoms with E-state index in [2.05, 4.69) is 15.9 Å². The van der Waals surface area contributed by atoms with E-state index < -0.39 is 5.97 Å². The van der Waals surface area contributed by atoms with Gasteiger partial charge >= 0.3 is 5.97 Å². The predicted molar refractivity (Wildman–Crippen MR) is 68.9 cm³/mol. The molecule has 0 fully saturated rings. The van der Waals surface area contributed by atoms with E-state index in [0.29, 0.717) is 17.7 Å². The Hall–Kier alpha value is -1.89. The van der Waals surface area contributed by atoms with Gasteiger partial charge in [-0.1, -0.05) is 20.8 Å². The van der Waals surface area contributed by atoms with Gasteiger partial charge < -0.3 is 4.74 Å². The summed E-state index contributed by atoms with van der Waals surface area (Å²) in [5, 5.41) is 0. The average Bonchev–Trinajstić information content (AvgIpc) is 2.27. The smallest absolute Gasteiger partial charge is 0.341 e. The summed E-state index contributed by atoms with van der Waals surface area (Å²) >= 11 is 0. The molecule has 0 N–H and O–H groups in total. The van der Waals surface area contributed by atoms with Crippen LogP contribution < -0.4 is 0 Å². The molecule has 4 heteroatoms. The molecule has 0 amide bonds. The van der Waals surface area contributed by atoms with Gasteiger partial charge in [0.1, 0.15) is 12.4 Å². The molecule has 0 unspecified atom stereocenters. The van der Waals surface area contributed by atoms with Crippen LogP contribution in [-0.2, 0) is 4.74 Å². The second-order valence-electron chi connectivity index (χ2n) is 5.19. The number of terminal acetylenes is 1. The first kappa shape index (κ1) is 14.2. The highest BCUT2D eigenvalue weighted by molar-refractivity contribution is 5.90. The van der Waals surface area contributed by atoms with E-state index in [1.54, 1.807) is 6.92 Å². The molecule has 0 aromatic carbocycles. The van der Waals surface area contributed by atoms with Crippen molar-refractivity contribution in [1.29, 1.82) is 0 Å². The molecule has 1 aromatic heterocycles. The number of aryl methyl sites for hydroxylation is 1. The summed E-state index contributed by atoms with van der Waals surface area (Å²) in [7, 11) is 0. The zero-order chi connectivity index (χ0) is 13.8. The van der Waals surface area contributed by atoms with Gasteiger partial charge in [-0.25, -0.2) is 14.8 Å². The molecule has 0 bridgehead atoms. The van der Waals surface area contributed by atoms with Gasteiger partial charge in [0.05, 0.1) is 11.3 Å². The maximum absolute atomic E-state index is 12.0. The molecule has 18 heavy (non-hydrogen) atoms. The number of carbonyl (C=O) groups is 1. The molecule has 0 aliphatic carbocycles. The van der Waals surface area contributed by atoms with E-state index in [4.69, 9.17) is 11.2 Å². The molecule has 0 saturated heterocycles. The van der Waals surface area contributed by atoms with Gasteiger partial charge in [0, 0.05) is 12.6 Å². The Morgan fingerprint density at radius 1 is 1.56 bits per heavy atom. The Kier molecular flexibility index (Phi) is 4.43. The minimum Gasteiger partial charge on any atom is -0.457 e. The van der Waals surface area contributed by atoms with Crippen molar-refractivity contribution < 1.29 is 9.53 Å². The van der Waals surface area contributed by atoms with Gasteiger partial charge in [0.2, 0.25) is 0 Å². The Labute approximate surface area is 108 Å². The molecule has 0 saturated carbocycles. The number of hydrogen-bond acceptors (Lipinski definition) is 4. The minimum atomic E-state index is -0.428. The van der Waals surface area contributed by atoms with Crippen LogP contribution in [-0.4, -0.2) is 22.0 Å². The summed E-state index contributed by atoms with van der Waals surface area (Å²) in [5.41, 5.74) is 0.776. The Bertz CT molecular complexity index is 469. The van der Waals surface area contributed by atoms with E-state index in [9.17, 15) is 4.79 Å². The second-order valence-corrected chi connectivity index (χ2v) is 5.19. The maximum atomic E-state index is 12.0. The molecular formula is C14H18N2O2. The summed E-state index contributed by atoms with van der Waals surface area (Å²) in [5.74, 6) is 2.11. The fourth-order valence-corrected chi connectivity index (χ4v) is 1.42. The quantitative estimate of drug-likeness (QED) is 0.607. The van der Waals surface area contributed by atoms with Crippen molar-refractivity contribution in [1.82, 2.24) is 9.97 Å². The van der Waals surface area contributed by atoms with Crippen LogP contribution in [0.4, 0.5) is 0 Å². The van der Waals surface area contributed by atoms with Crippen molar-refractivity contribution in [2.24, 2.45) is 5.41 Å². The summed E-state index contributed by atoms with van der Waals surface area (Å²) < 4.78 is 5.46. The summed E-state index contributed by atoms with van der Waals surface area (Å²) in [6, 6.07) is 0. The number of aromatic nitrogens is 2. The first-order chi connectivity index (χ1) is 8.36. The standard InChI is InChI=1S/C14H18N2O2/c1-6-7-12(14(3,4)5)18-13(17)11-8-15-9-16-10(11)2/h1,8-9,12H,7H2,2-5H3/t12-/m0/s1. The molecule has 0 spiro atoms. The van der Waals surface area contributed by atoms with E-state index in [1.165, 1.54) is 12.5 Å². The minimum absolute atomic E-state index is 0.203. The van der Waals surface area contributed by atoms with Crippen molar-refractivity contribution in [2.45, 2.75) is 40.2 Å². The molecule has 96 valence electrons. The highest BCUT2D eigenvalue weighted by atomic mass is 16.5. The van der Waals surface area contributed by atoms with Crippen LogP contribution in [0.2, 0.25) is 0 Å². The largest absolute Gasteiger partial charge is 0.457 e. The Morgan fingerprint density at radius 3 is 2.72 bits per heavy atom. The molecule has 4 nitrogen and oxygen atoms in total. The lowest BCUT2D eigenvalue weighted by Gasteiger charge is -2.28. The average molecular weight is 246 g/mol. The molecule has 1 heterocycles. The van der Waals surface area contributed by atoms with Crippen molar-refractivity contribution in [3.63, 3.8) is 0 Å². The van der Waals surface area contributed by atoms with Crippen LogP contribution >= 0.6 is 0 Å². The molecular weight excluding hydrogens is 228 g/mol. The Morgan fingerprint density at radius 2 is 2.22 bits per heavy atom. The lowest BCUT2D eigenvalue weighted by Crippen LogP contribution is -2.31. The number of esters is 1. The molecule has 0 radical (unpaired) electrons. The highest BCUT2D eigenvalue weighted by Gasteiger charge is 2.28. The molecule has 0 aliphatic rings. The monoisotopic (exact) mass is 246 g/mol. The molecule has 1 atom stereocenters. The fraction of sp³-hybridized carbons (Fsp3) is 0.500. The lowest BCUT2D eigenvalue weighted by atomic mass is 9.87. The van der Waals surface area contributed by atoms with E-state index in [-0.39, 0.29) is 11.5 Å². The zero-order valence-corrected chi connectivity index (χ0v) is 11.2. The van der Waals surface area contributed by atoms with Gasteiger partial charge in [-0.3, -0.25) is 0 Å². The summed E-state index contributed by atoms with van der Waals surface area (Å²) in [6.07, 6.45) is 8.23. The van der Waals surface area contributed by atoms with Crippen molar-refractivity contribution in [2.75, 3.05) is 0 Å². The van der Waals surface area contributed by atoms with Crippen molar-refractivity contribution >= 4 is 5.97 Å². The van der Waals surface area contributed by atoms with E-state index in [1.807, 2.05) is 20.8 Å². The molecule has 0 aliphatic heterocycles. The first-order valence-electron chi connectivity index (χ1n) is 5.77. The van der Waals surface area contributed by atoms with Crippen LogP contribution in [0, 0.1) is 24.7 Å². The third-order valence-corrected chi connectivity index (χ3v) is 2.65. The number of nitrogens with zero attached hydrogens (tertiary/aromatic N) is 2. The fourth-order valence-electron chi connectivity index (χ4n) is 1.42. The lowest BCUT2D eigenvalue weighted by molar-refractivity contribution is -0.000710. The Balaban J connectivity index is 2.87. The van der Waals surface area contributed by atoms with Crippen LogP contribution in [0.5, 0.6) is 0 Å². The number of rotatable bonds is 3. The molecule has 1 aromatic rings. The second kappa shape index (κ2) is 5.63. The maximum Gasteiger partial charge on any atom is 0.341 e.